The largest absolute Gasteiger partial charge is 0.383 e. The first-order valence-corrected chi connectivity index (χ1v) is 12.6. The van der Waals surface area contributed by atoms with E-state index in [1.54, 1.807) is 40.4 Å². The highest BCUT2D eigenvalue weighted by molar-refractivity contribution is 7.10. The summed E-state index contributed by atoms with van der Waals surface area (Å²) < 4.78 is 18.5. The zero-order valence-electron chi connectivity index (χ0n) is 20.1. The van der Waals surface area contributed by atoms with Gasteiger partial charge in [-0.1, -0.05) is 44.7 Å². The van der Waals surface area contributed by atoms with Crippen LogP contribution in [0.1, 0.15) is 61.5 Å². The number of rotatable bonds is 15. The number of amides is 2. The Morgan fingerprint density at radius 2 is 1.70 bits per heavy atom. The van der Waals surface area contributed by atoms with Crippen molar-refractivity contribution in [2.75, 3.05) is 26.8 Å². The lowest BCUT2D eigenvalue weighted by Crippen LogP contribution is -2.43. The summed E-state index contributed by atoms with van der Waals surface area (Å²) in [5.74, 6) is -0.436. The van der Waals surface area contributed by atoms with E-state index in [9.17, 15) is 14.0 Å². The van der Waals surface area contributed by atoms with Crippen LogP contribution in [0, 0.1) is 12.7 Å². The fraction of sp³-hybridized carbons (Fsp3) is 0.538. The third kappa shape index (κ3) is 9.64. The van der Waals surface area contributed by atoms with Crippen LogP contribution in [0.15, 0.2) is 35.7 Å². The van der Waals surface area contributed by atoms with E-state index in [1.165, 1.54) is 18.6 Å². The Morgan fingerprint density at radius 1 is 0.970 bits per heavy atom. The molecule has 1 aromatic heterocycles. The number of halogens is 1. The number of nitrogens with zero attached hydrogens (tertiary/aromatic N) is 2. The Labute approximate surface area is 201 Å². The highest BCUT2D eigenvalue weighted by atomic mass is 32.1. The van der Waals surface area contributed by atoms with Gasteiger partial charge in [0, 0.05) is 31.5 Å². The molecule has 0 bridgehead atoms. The van der Waals surface area contributed by atoms with Gasteiger partial charge < -0.3 is 14.5 Å². The standard InChI is InChI=1S/C26H37FN2O3S/c1-4-5-6-7-8-9-25(30)28(15-16-32-3)20-26(31)29(19-24-21(2)14-17-33-24)18-22-10-12-23(27)13-11-22/h10-14,17H,4-9,15-16,18-20H2,1-3H3. The predicted octanol–water partition coefficient (Wildman–Crippen LogP) is 5.56. The lowest BCUT2D eigenvalue weighted by molar-refractivity contribution is -0.141. The zero-order chi connectivity index (χ0) is 24.1. The minimum Gasteiger partial charge on any atom is -0.383 e. The Bertz CT molecular complexity index is 853. The quantitative estimate of drug-likeness (QED) is 0.316. The first-order chi connectivity index (χ1) is 15.9. The summed E-state index contributed by atoms with van der Waals surface area (Å²) in [6.45, 7) is 5.80. The van der Waals surface area contributed by atoms with Crippen LogP contribution in [-0.2, 0) is 27.4 Å². The predicted molar refractivity (Wildman–Crippen MR) is 132 cm³/mol. The van der Waals surface area contributed by atoms with Crippen molar-refractivity contribution in [1.29, 1.82) is 0 Å². The van der Waals surface area contributed by atoms with Gasteiger partial charge in [-0.2, -0.15) is 0 Å². The number of thiophene rings is 1. The maximum atomic E-state index is 13.4. The molecule has 182 valence electrons. The summed E-state index contributed by atoms with van der Waals surface area (Å²) >= 11 is 1.61. The topological polar surface area (TPSA) is 49.9 Å². The molecule has 0 N–H and O–H groups in total. The van der Waals surface area contributed by atoms with E-state index in [2.05, 4.69) is 6.92 Å². The number of benzene rings is 1. The molecular formula is C26H37FN2O3S. The Kier molecular flexibility index (Phi) is 12.1. The van der Waals surface area contributed by atoms with Gasteiger partial charge in [-0.05, 0) is 48.1 Å². The molecule has 0 fully saturated rings. The van der Waals surface area contributed by atoms with Gasteiger partial charge in [-0.15, -0.1) is 11.3 Å². The van der Waals surface area contributed by atoms with E-state index in [0.717, 1.165) is 41.7 Å². The molecule has 0 radical (unpaired) electrons. The lowest BCUT2D eigenvalue weighted by Gasteiger charge is -2.28. The van der Waals surface area contributed by atoms with Crippen LogP contribution in [0.25, 0.3) is 0 Å². The highest BCUT2D eigenvalue weighted by Gasteiger charge is 2.22. The molecule has 0 aliphatic carbocycles. The molecule has 1 heterocycles. The number of unbranched alkanes of at least 4 members (excludes halogenated alkanes) is 4. The number of aryl methyl sites for hydroxylation is 1. The van der Waals surface area contributed by atoms with E-state index in [-0.39, 0.29) is 24.2 Å². The molecule has 33 heavy (non-hydrogen) atoms. The van der Waals surface area contributed by atoms with Crippen LogP contribution in [0.3, 0.4) is 0 Å². The Hall–Kier alpha value is -2.25. The summed E-state index contributed by atoms with van der Waals surface area (Å²) in [6.07, 6.45) is 5.79. The molecular weight excluding hydrogens is 439 g/mol. The average molecular weight is 477 g/mol. The summed E-state index contributed by atoms with van der Waals surface area (Å²) in [7, 11) is 1.59. The summed E-state index contributed by atoms with van der Waals surface area (Å²) in [4.78, 5) is 30.7. The maximum absolute atomic E-state index is 13.4. The number of ether oxygens (including phenoxy) is 1. The first-order valence-electron chi connectivity index (χ1n) is 11.8. The van der Waals surface area contributed by atoms with E-state index in [0.29, 0.717) is 32.7 Å². The van der Waals surface area contributed by atoms with Crippen LogP contribution in [0.2, 0.25) is 0 Å². The fourth-order valence-electron chi connectivity index (χ4n) is 3.58. The second kappa shape index (κ2) is 14.8. The second-order valence-corrected chi connectivity index (χ2v) is 9.38. The molecule has 7 heteroatoms. The first kappa shape index (κ1) is 27.0. The molecule has 0 spiro atoms. The van der Waals surface area contributed by atoms with Gasteiger partial charge in [-0.3, -0.25) is 9.59 Å². The van der Waals surface area contributed by atoms with Crippen molar-refractivity contribution in [3.63, 3.8) is 0 Å². The molecule has 0 unspecified atom stereocenters. The van der Waals surface area contributed by atoms with Crippen molar-refractivity contribution in [2.45, 2.75) is 65.5 Å². The van der Waals surface area contributed by atoms with Crippen LogP contribution >= 0.6 is 11.3 Å². The van der Waals surface area contributed by atoms with Crippen molar-refractivity contribution in [2.24, 2.45) is 0 Å². The van der Waals surface area contributed by atoms with Crippen molar-refractivity contribution in [1.82, 2.24) is 9.80 Å². The molecule has 0 aliphatic heterocycles. The molecule has 0 saturated carbocycles. The Morgan fingerprint density at radius 3 is 2.33 bits per heavy atom. The van der Waals surface area contributed by atoms with Gasteiger partial charge in [0.05, 0.1) is 19.7 Å². The number of carbonyl (C=O) groups is 2. The minimum absolute atomic E-state index is 0.00839. The SMILES string of the molecule is CCCCCCCC(=O)N(CCOC)CC(=O)N(Cc1ccc(F)cc1)Cc1sccc1C. The molecule has 2 rings (SSSR count). The molecule has 1 aromatic carbocycles. The molecule has 5 nitrogen and oxygen atoms in total. The van der Waals surface area contributed by atoms with Crippen LogP contribution in [0.5, 0.6) is 0 Å². The lowest BCUT2D eigenvalue weighted by atomic mass is 10.1. The summed E-state index contributed by atoms with van der Waals surface area (Å²) in [5.41, 5.74) is 1.99. The van der Waals surface area contributed by atoms with Crippen LogP contribution in [0.4, 0.5) is 4.39 Å². The maximum Gasteiger partial charge on any atom is 0.242 e. The third-order valence-electron chi connectivity index (χ3n) is 5.68. The van der Waals surface area contributed by atoms with Gasteiger partial charge in [0.15, 0.2) is 0 Å². The fourth-order valence-corrected chi connectivity index (χ4v) is 4.50. The summed E-state index contributed by atoms with van der Waals surface area (Å²) in [6, 6.07) is 8.23. The molecule has 0 aliphatic rings. The van der Waals surface area contributed by atoms with Crippen molar-refractivity contribution in [3.8, 4) is 0 Å². The molecule has 0 saturated heterocycles. The molecule has 2 aromatic rings. The smallest absolute Gasteiger partial charge is 0.242 e. The van der Waals surface area contributed by atoms with Crippen LogP contribution < -0.4 is 0 Å². The van der Waals surface area contributed by atoms with Gasteiger partial charge in [-0.25, -0.2) is 4.39 Å². The average Bonchev–Trinajstić information content (AvgIpc) is 3.21. The zero-order valence-corrected chi connectivity index (χ0v) is 21.0. The third-order valence-corrected chi connectivity index (χ3v) is 6.69. The Balaban J connectivity index is 2.08. The van der Waals surface area contributed by atoms with Crippen LogP contribution in [-0.4, -0.2) is 48.4 Å². The van der Waals surface area contributed by atoms with Gasteiger partial charge in [0.1, 0.15) is 5.82 Å². The van der Waals surface area contributed by atoms with Crippen molar-refractivity contribution in [3.05, 3.63) is 57.5 Å². The number of carbonyl (C=O) groups excluding carboxylic acids is 2. The van der Waals surface area contributed by atoms with Gasteiger partial charge >= 0.3 is 0 Å². The van der Waals surface area contributed by atoms with E-state index in [4.69, 9.17) is 4.74 Å². The molecule has 0 atom stereocenters. The minimum atomic E-state index is -0.305. The van der Waals surface area contributed by atoms with Gasteiger partial charge in [0.25, 0.3) is 0 Å². The van der Waals surface area contributed by atoms with Crippen molar-refractivity contribution < 1.29 is 18.7 Å². The number of hydrogen-bond acceptors (Lipinski definition) is 4. The van der Waals surface area contributed by atoms with Crippen molar-refractivity contribution >= 4 is 23.2 Å². The van der Waals surface area contributed by atoms with E-state index >= 15 is 0 Å². The van der Waals surface area contributed by atoms with Gasteiger partial charge in [0.2, 0.25) is 11.8 Å². The normalized spacial score (nSPS) is 10.9. The number of hydrogen-bond donors (Lipinski definition) is 0. The molecule has 2 amide bonds. The van der Waals surface area contributed by atoms with E-state index < -0.39 is 0 Å². The monoisotopic (exact) mass is 476 g/mol. The second-order valence-electron chi connectivity index (χ2n) is 8.38. The van der Waals surface area contributed by atoms with E-state index in [1.807, 2.05) is 18.4 Å². The summed E-state index contributed by atoms with van der Waals surface area (Å²) in [5, 5.41) is 2.01. The number of methoxy groups -OCH3 is 1. The highest BCUT2D eigenvalue weighted by Crippen LogP contribution is 2.20.